The number of rotatable bonds is 1. The molecule has 0 aliphatic carbocycles. The van der Waals surface area contributed by atoms with Gasteiger partial charge in [0.25, 0.3) is 0 Å². The van der Waals surface area contributed by atoms with Crippen LogP contribution < -0.4 is 0 Å². The Balaban J connectivity index is 3.24. The lowest BCUT2D eigenvalue weighted by Crippen LogP contribution is -1.94. The molecule has 0 saturated carbocycles. The van der Waals surface area contributed by atoms with Gasteiger partial charge in [0.1, 0.15) is 17.5 Å². The van der Waals surface area contributed by atoms with E-state index in [1.807, 2.05) is 28.7 Å². The van der Waals surface area contributed by atoms with Crippen molar-refractivity contribution in [1.29, 1.82) is 5.26 Å². The van der Waals surface area contributed by atoms with Crippen molar-refractivity contribution in [2.75, 3.05) is 0 Å². The molecule has 0 unspecified atom stereocenters. The van der Waals surface area contributed by atoms with E-state index in [2.05, 4.69) is 10.2 Å². The molecule has 0 aliphatic rings. The summed E-state index contributed by atoms with van der Waals surface area (Å²) >= 11 is 1.91. The van der Waals surface area contributed by atoms with Gasteiger partial charge >= 0.3 is 0 Å². The van der Waals surface area contributed by atoms with Crippen molar-refractivity contribution in [1.82, 2.24) is 10.2 Å². The molecular formula is C6H4IN3O. The van der Waals surface area contributed by atoms with Crippen LogP contribution in [0.5, 0.6) is 0 Å². The van der Waals surface area contributed by atoms with Crippen molar-refractivity contribution < 1.29 is 4.79 Å². The Bertz CT molecular complexity index is 336. The van der Waals surface area contributed by atoms with Gasteiger partial charge < -0.3 is 0 Å². The number of carbonyl (C=O) groups is 1. The second kappa shape index (κ2) is 3.00. The van der Waals surface area contributed by atoms with Gasteiger partial charge in [-0.3, -0.25) is 9.89 Å². The summed E-state index contributed by atoms with van der Waals surface area (Å²) in [4.78, 5) is 10.8. The molecule has 0 radical (unpaired) electrons. The minimum Gasteiger partial charge on any atom is -0.293 e. The monoisotopic (exact) mass is 261 g/mol. The lowest BCUT2D eigenvalue weighted by Gasteiger charge is -1.85. The number of ketones is 1. The predicted octanol–water partition coefficient (Wildman–Crippen LogP) is 1.09. The summed E-state index contributed by atoms with van der Waals surface area (Å²) in [5.41, 5.74) is 0.679. The second-order valence-corrected chi connectivity index (χ2v) is 3.01. The Hall–Kier alpha value is -0.900. The maximum Gasteiger partial charge on any atom is 0.181 e. The van der Waals surface area contributed by atoms with Crippen LogP contribution in [-0.4, -0.2) is 16.0 Å². The molecule has 1 rings (SSSR count). The molecule has 0 aromatic carbocycles. The fourth-order valence-electron chi connectivity index (χ4n) is 0.636. The summed E-state index contributed by atoms with van der Waals surface area (Å²) < 4.78 is 0.595. The third-order valence-corrected chi connectivity index (χ3v) is 2.20. The van der Waals surface area contributed by atoms with Crippen molar-refractivity contribution in [2.24, 2.45) is 0 Å². The van der Waals surface area contributed by atoms with E-state index in [1.54, 1.807) is 0 Å². The van der Waals surface area contributed by atoms with E-state index in [4.69, 9.17) is 5.26 Å². The highest BCUT2D eigenvalue weighted by atomic mass is 127. The molecule has 1 aromatic rings. The van der Waals surface area contributed by atoms with E-state index in [-0.39, 0.29) is 5.78 Å². The van der Waals surface area contributed by atoms with E-state index in [9.17, 15) is 4.79 Å². The molecule has 56 valence electrons. The quantitative estimate of drug-likeness (QED) is 0.607. The van der Waals surface area contributed by atoms with Crippen LogP contribution in [-0.2, 0) is 0 Å². The summed E-state index contributed by atoms with van der Waals surface area (Å²) in [5.74, 6) is -0.132. The Labute approximate surface area is 76.7 Å². The summed E-state index contributed by atoms with van der Waals surface area (Å²) in [6.07, 6.45) is 0. The molecule has 0 bridgehead atoms. The Morgan fingerprint density at radius 2 is 2.45 bits per heavy atom. The highest BCUT2D eigenvalue weighted by Crippen LogP contribution is 2.13. The number of nitrogens with one attached hydrogen (secondary N) is 1. The van der Waals surface area contributed by atoms with Gasteiger partial charge in [-0.1, -0.05) is 0 Å². The number of aromatic amines is 1. The molecule has 1 aromatic heterocycles. The zero-order valence-electron chi connectivity index (χ0n) is 5.68. The maximum absolute atomic E-state index is 10.8. The SMILES string of the molecule is CC(=O)c1n[nH]c(C#N)c1I. The lowest BCUT2D eigenvalue weighted by atomic mass is 10.3. The van der Waals surface area contributed by atoms with Gasteiger partial charge in [0.2, 0.25) is 0 Å². The van der Waals surface area contributed by atoms with Gasteiger partial charge in [-0.25, -0.2) is 0 Å². The highest BCUT2D eigenvalue weighted by Gasteiger charge is 2.12. The standard InChI is InChI=1S/C6H4IN3O/c1-3(11)6-5(7)4(2-8)9-10-6/h1H3,(H,9,10). The molecule has 1 N–H and O–H groups in total. The molecule has 0 aliphatic heterocycles. The Morgan fingerprint density at radius 3 is 2.73 bits per heavy atom. The van der Waals surface area contributed by atoms with E-state index < -0.39 is 0 Å². The van der Waals surface area contributed by atoms with Crippen molar-refractivity contribution in [2.45, 2.75) is 6.92 Å². The minimum absolute atomic E-state index is 0.132. The first-order chi connectivity index (χ1) is 5.16. The van der Waals surface area contributed by atoms with Crippen molar-refractivity contribution in [3.05, 3.63) is 15.0 Å². The largest absolute Gasteiger partial charge is 0.293 e. The fraction of sp³-hybridized carbons (Fsp3) is 0.167. The zero-order valence-corrected chi connectivity index (χ0v) is 7.84. The lowest BCUT2D eigenvalue weighted by molar-refractivity contribution is 0.101. The number of nitriles is 1. The van der Waals surface area contributed by atoms with Crippen LogP contribution in [0.2, 0.25) is 0 Å². The average molecular weight is 261 g/mol. The average Bonchev–Trinajstić information content (AvgIpc) is 2.30. The highest BCUT2D eigenvalue weighted by molar-refractivity contribution is 14.1. The van der Waals surface area contributed by atoms with Crippen LogP contribution >= 0.6 is 22.6 Å². The zero-order chi connectivity index (χ0) is 8.43. The molecule has 5 heteroatoms. The number of hydrogen-bond donors (Lipinski definition) is 1. The van der Waals surface area contributed by atoms with E-state index in [0.717, 1.165) is 0 Å². The molecule has 0 amide bonds. The number of carbonyl (C=O) groups excluding carboxylic acids is 1. The molecule has 11 heavy (non-hydrogen) atoms. The second-order valence-electron chi connectivity index (χ2n) is 1.93. The third-order valence-electron chi connectivity index (χ3n) is 1.15. The summed E-state index contributed by atoms with van der Waals surface area (Å²) in [7, 11) is 0. The Morgan fingerprint density at radius 1 is 1.82 bits per heavy atom. The predicted molar refractivity (Wildman–Crippen MR) is 46.0 cm³/mol. The van der Waals surface area contributed by atoms with E-state index in [1.165, 1.54) is 6.92 Å². The first-order valence-electron chi connectivity index (χ1n) is 2.81. The van der Waals surface area contributed by atoms with E-state index in [0.29, 0.717) is 15.0 Å². The first-order valence-corrected chi connectivity index (χ1v) is 3.89. The van der Waals surface area contributed by atoms with Crippen molar-refractivity contribution in [3.8, 4) is 6.07 Å². The van der Waals surface area contributed by atoms with Gasteiger partial charge in [-0.05, 0) is 22.6 Å². The van der Waals surface area contributed by atoms with Gasteiger partial charge in [0.05, 0.1) is 3.57 Å². The number of Topliss-reactive ketones (excluding diaryl/α,β-unsaturated/α-hetero) is 1. The van der Waals surface area contributed by atoms with Gasteiger partial charge in [-0.2, -0.15) is 10.4 Å². The van der Waals surface area contributed by atoms with Crippen LogP contribution in [0.25, 0.3) is 0 Å². The van der Waals surface area contributed by atoms with Crippen LogP contribution in [0, 0.1) is 14.9 Å². The van der Waals surface area contributed by atoms with Crippen LogP contribution in [0.3, 0.4) is 0 Å². The molecule has 0 atom stereocenters. The molecule has 0 fully saturated rings. The van der Waals surface area contributed by atoms with Crippen LogP contribution in [0.15, 0.2) is 0 Å². The van der Waals surface area contributed by atoms with Crippen LogP contribution in [0.1, 0.15) is 23.1 Å². The van der Waals surface area contributed by atoms with Crippen molar-refractivity contribution in [3.63, 3.8) is 0 Å². The normalized spacial score (nSPS) is 9.18. The smallest absolute Gasteiger partial charge is 0.181 e. The number of hydrogen-bond acceptors (Lipinski definition) is 3. The van der Waals surface area contributed by atoms with Gasteiger partial charge in [0, 0.05) is 6.92 Å². The third kappa shape index (κ3) is 1.40. The molecule has 0 spiro atoms. The number of halogens is 1. The van der Waals surface area contributed by atoms with Gasteiger partial charge in [0.15, 0.2) is 5.78 Å². The summed E-state index contributed by atoms with van der Waals surface area (Å²) in [6, 6.07) is 1.89. The molecular weight excluding hydrogens is 257 g/mol. The van der Waals surface area contributed by atoms with Gasteiger partial charge in [-0.15, -0.1) is 0 Å². The fourth-order valence-corrected chi connectivity index (χ4v) is 1.38. The van der Waals surface area contributed by atoms with E-state index >= 15 is 0 Å². The molecule has 1 heterocycles. The Kier molecular flexibility index (Phi) is 2.24. The molecule has 4 nitrogen and oxygen atoms in total. The number of H-pyrrole nitrogens is 1. The summed E-state index contributed by atoms with van der Waals surface area (Å²) in [6.45, 7) is 1.42. The topological polar surface area (TPSA) is 69.5 Å². The maximum atomic E-state index is 10.8. The minimum atomic E-state index is -0.132. The first kappa shape index (κ1) is 8.20. The molecule has 0 saturated heterocycles. The number of nitrogens with zero attached hydrogens (tertiary/aromatic N) is 2. The van der Waals surface area contributed by atoms with Crippen molar-refractivity contribution >= 4 is 28.4 Å². The van der Waals surface area contributed by atoms with Crippen LogP contribution in [0.4, 0.5) is 0 Å². The number of aromatic nitrogens is 2. The summed E-state index contributed by atoms with van der Waals surface area (Å²) in [5, 5.41) is 14.6.